The van der Waals surface area contributed by atoms with Crippen molar-refractivity contribution in [1.82, 2.24) is 10.2 Å². The van der Waals surface area contributed by atoms with Crippen LogP contribution in [0.15, 0.2) is 4.99 Å². The lowest BCUT2D eigenvalue weighted by Gasteiger charge is -2.22. The Morgan fingerprint density at radius 2 is 2.04 bits per heavy atom. The van der Waals surface area contributed by atoms with Gasteiger partial charge in [-0.15, -0.1) is 0 Å². The summed E-state index contributed by atoms with van der Waals surface area (Å²) in [7, 11) is -3.02. The predicted molar refractivity (Wildman–Crippen MR) is 92.9 cm³/mol. The van der Waals surface area contributed by atoms with Gasteiger partial charge in [0.05, 0.1) is 17.5 Å². The molecule has 2 aliphatic heterocycles. The van der Waals surface area contributed by atoms with Crippen LogP contribution in [0.5, 0.6) is 0 Å². The van der Waals surface area contributed by atoms with Gasteiger partial charge in [-0.1, -0.05) is 11.8 Å². The fourth-order valence-electron chi connectivity index (χ4n) is 2.61. The van der Waals surface area contributed by atoms with E-state index in [1.807, 2.05) is 11.8 Å². The van der Waals surface area contributed by atoms with E-state index in [2.05, 4.69) is 10.3 Å². The van der Waals surface area contributed by atoms with E-state index < -0.39 is 27.4 Å². The van der Waals surface area contributed by atoms with Gasteiger partial charge in [0.2, 0.25) is 0 Å². The molecule has 0 aromatic carbocycles. The van der Waals surface area contributed by atoms with Gasteiger partial charge in [-0.25, -0.2) is 13.2 Å². The Kier molecular flexibility index (Phi) is 5.48. The van der Waals surface area contributed by atoms with Gasteiger partial charge in [0, 0.05) is 11.8 Å². The molecule has 0 bridgehead atoms. The molecule has 2 saturated heterocycles. The number of nitrogens with zero attached hydrogens (tertiary/aromatic N) is 2. The van der Waals surface area contributed by atoms with Crippen LogP contribution in [-0.4, -0.2) is 72.0 Å². The Morgan fingerprint density at radius 3 is 2.62 bits per heavy atom. The molecule has 2 atom stereocenters. The van der Waals surface area contributed by atoms with Crippen molar-refractivity contribution in [3.63, 3.8) is 0 Å². The van der Waals surface area contributed by atoms with Crippen molar-refractivity contribution in [3.05, 3.63) is 0 Å². The molecule has 0 aromatic rings. The number of aliphatic imine (C=N–C) groups is 1. The van der Waals surface area contributed by atoms with E-state index in [9.17, 15) is 18.0 Å². The smallest absolute Gasteiger partial charge is 0.408 e. The van der Waals surface area contributed by atoms with E-state index in [0.29, 0.717) is 11.7 Å². The van der Waals surface area contributed by atoms with Gasteiger partial charge in [0.1, 0.15) is 12.1 Å². The number of ether oxygens (including phenoxy) is 1. The number of hydrogen-bond donors (Lipinski definition) is 1. The van der Waals surface area contributed by atoms with E-state index in [0.717, 1.165) is 0 Å². The molecule has 0 aliphatic carbocycles. The number of sulfone groups is 1. The summed E-state index contributed by atoms with van der Waals surface area (Å²) in [6.07, 6.45) is -0.676. The van der Waals surface area contributed by atoms with Crippen molar-refractivity contribution >= 4 is 38.8 Å². The van der Waals surface area contributed by atoms with E-state index in [1.165, 1.54) is 11.8 Å². The monoisotopic (exact) mass is 377 g/mol. The molecule has 0 aromatic heterocycles. The highest BCUT2D eigenvalue weighted by Crippen LogP contribution is 2.37. The third kappa shape index (κ3) is 4.85. The lowest BCUT2D eigenvalue weighted by Crippen LogP contribution is -2.38. The molecule has 2 aliphatic rings. The van der Waals surface area contributed by atoms with Gasteiger partial charge in [0.25, 0.3) is 5.91 Å². The molecule has 0 saturated carbocycles. The maximum atomic E-state index is 12.0. The van der Waals surface area contributed by atoms with Crippen LogP contribution in [0.2, 0.25) is 0 Å². The minimum Gasteiger partial charge on any atom is -0.444 e. The van der Waals surface area contributed by atoms with Gasteiger partial charge in [-0.2, -0.15) is 4.99 Å². The lowest BCUT2D eigenvalue weighted by atomic mass is 10.2. The van der Waals surface area contributed by atoms with Gasteiger partial charge in [-0.05, 0) is 27.7 Å². The number of fused-ring (bicyclic) bond motifs is 1. The minimum absolute atomic E-state index is 0.0830. The Balaban J connectivity index is 1.94. The molecule has 24 heavy (non-hydrogen) atoms. The topological polar surface area (TPSA) is 105 Å². The number of amides is 2. The van der Waals surface area contributed by atoms with Gasteiger partial charge >= 0.3 is 6.09 Å². The number of rotatable bonds is 3. The second-order valence-electron chi connectivity index (χ2n) is 6.73. The van der Waals surface area contributed by atoms with E-state index in [1.54, 1.807) is 20.8 Å². The third-order valence-electron chi connectivity index (χ3n) is 3.52. The number of hydrogen-bond acceptors (Lipinski definition) is 6. The zero-order valence-corrected chi connectivity index (χ0v) is 15.9. The highest BCUT2D eigenvalue weighted by molar-refractivity contribution is 8.15. The second-order valence-corrected chi connectivity index (χ2v) is 10.1. The molecule has 0 spiro atoms. The van der Waals surface area contributed by atoms with Crippen molar-refractivity contribution in [1.29, 1.82) is 0 Å². The Hall–Kier alpha value is -1.29. The van der Waals surface area contributed by atoms with Crippen LogP contribution in [0.3, 0.4) is 0 Å². The molecular formula is C14H23N3O5S2. The van der Waals surface area contributed by atoms with E-state index in [-0.39, 0.29) is 29.3 Å². The molecule has 2 rings (SSSR count). The molecule has 0 radical (unpaired) electrons. The standard InChI is InChI=1S/C14H23N3O5S2/c1-5-17-9-7-24(20,21)8-10(9)23-12(17)16-11(18)6-15-13(19)22-14(2,3)4/h9-10H,5-8H2,1-4H3,(H,15,19)/t9-,10+/m0/s1. The van der Waals surface area contributed by atoms with Gasteiger partial charge < -0.3 is 15.0 Å². The third-order valence-corrected chi connectivity index (χ3v) is 6.77. The molecule has 1 N–H and O–H groups in total. The largest absolute Gasteiger partial charge is 0.444 e. The Bertz CT molecular complexity index is 654. The first kappa shape index (κ1) is 19.0. The highest BCUT2D eigenvalue weighted by Gasteiger charge is 2.48. The Morgan fingerprint density at radius 1 is 1.38 bits per heavy atom. The van der Waals surface area contributed by atoms with Crippen LogP contribution >= 0.6 is 11.8 Å². The first-order chi connectivity index (χ1) is 11.0. The molecule has 10 heteroatoms. The summed E-state index contributed by atoms with van der Waals surface area (Å²) in [6.45, 7) is 7.41. The average Bonchev–Trinajstić information content (AvgIpc) is 2.85. The maximum Gasteiger partial charge on any atom is 0.408 e. The minimum atomic E-state index is -3.02. The van der Waals surface area contributed by atoms with Crippen LogP contribution in [0.25, 0.3) is 0 Å². The quantitative estimate of drug-likeness (QED) is 0.769. The second kappa shape index (κ2) is 6.91. The Labute approximate surface area is 146 Å². The summed E-state index contributed by atoms with van der Waals surface area (Å²) in [4.78, 5) is 29.4. The molecule has 0 unspecified atom stereocenters. The van der Waals surface area contributed by atoms with Crippen LogP contribution in [0.1, 0.15) is 27.7 Å². The summed E-state index contributed by atoms with van der Waals surface area (Å²) in [5, 5.41) is 2.81. The van der Waals surface area contributed by atoms with Crippen molar-refractivity contribution in [2.45, 2.75) is 44.6 Å². The zero-order valence-electron chi connectivity index (χ0n) is 14.2. The van der Waals surface area contributed by atoms with Crippen LogP contribution < -0.4 is 5.32 Å². The summed E-state index contributed by atoms with van der Waals surface area (Å²) >= 11 is 1.32. The zero-order chi connectivity index (χ0) is 18.1. The van der Waals surface area contributed by atoms with Crippen molar-refractivity contribution in [2.75, 3.05) is 24.6 Å². The molecular weight excluding hydrogens is 354 g/mol. The van der Waals surface area contributed by atoms with Gasteiger partial charge in [0.15, 0.2) is 15.0 Å². The molecule has 2 heterocycles. The average molecular weight is 377 g/mol. The lowest BCUT2D eigenvalue weighted by molar-refractivity contribution is -0.117. The summed E-state index contributed by atoms with van der Waals surface area (Å²) in [5.41, 5.74) is -0.637. The molecule has 2 fully saturated rings. The first-order valence-corrected chi connectivity index (χ1v) is 10.4. The number of carbonyl (C=O) groups excluding carboxylic acids is 2. The van der Waals surface area contributed by atoms with Crippen molar-refractivity contribution in [3.8, 4) is 0 Å². The van der Waals surface area contributed by atoms with Crippen LogP contribution in [0.4, 0.5) is 4.79 Å². The number of alkyl carbamates (subject to hydrolysis) is 1. The molecule has 8 nitrogen and oxygen atoms in total. The summed E-state index contributed by atoms with van der Waals surface area (Å²) < 4.78 is 28.5. The van der Waals surface area contributed by atoms with Gasteiger partial charge in [-0.3, -0.25) is 4.79 Å². The summed E-state index contributed by atoms with van der Waals surface area (Å²) in [6, 6.07) is -0.129. The fraction of sp³-hybridized carbons (Fsp3) is 0.786. The van der Waals surface area contributed by atoms with E-state index in [4.69, 9.17) is 4.74 Å². The first-order valence-electron chi connectivity index (χ1n) is 7.73. The van der Waals surface area contributed by atoms with Crippen molar-refractivity contribution in [2.24, 2.45) is 4.99 Å². The van der Waals surface area contributed by atoms with E-state index >= 15 is 0 Å². The number of thioether (sulfide) groups is 1. The summed E-state index contributed by atoms with van der Waals surface area (Å²) in [5.74, 6) is -0.283. The molecule has 136 valence electrons. The number of nitrogens with one attached hydrogen (secondary N) is 1. The van der Waals surface area contributed by atoms with Crippen LogP contribution in [0, 0.1) is 0 Å². The SMILES string of the molecule is CCN1C(=NC(=O)CNC(=O)OC(C)(C)C)S[C@@H]2CS(=O)(=O)C[C@@H]21. The predicted octanol–water partition coefficient (Wildman–Crippen LogP) is 0.628. The van der Waals surface area contributed by atoms with Crippen LogP contribution in [-0.2, 0) is 19.4 Å². The normalized spacial score (nSPS) is 27.2. The molecule has 2 amide bonds. The number of amidine groups is 1. The highest BCUT2D eigenvalue weighted by atomic mass is 32.2. The maximum absolute atomic E-state index is 12.0. The number of carbonyl (C=O) groups is 2. The van der Waals surface area contributed by atoms with Crippen molar-refractivity contribution < 1.29 is 22.7 Å². The fourth-order valence-corrected chi connectivity index (χ4v) is 6.65.